The average Bonchev–Trinajstić information content (AvgIpc) is 2.96. The van der Waals surface area contributed by atoms with E-state index in [9.17, 15) is 14.7 Å². The Morgan fingerprint density at radius 3 is 2.47 bits per heavy atom. The second-order valence-electron chi connectivity index (χ2n) is 6.83. The van der Waals surface area contributed by atoms with E-state index in [1.807, 2.05) is 0 Å². The number of aliphatic hydroxyl groups excluding tert-OH is 1. The number of methoxy groups -OCH3 is 2. The molecule has 1 saturated heterocycles. The highest BCUT2D eigenvalue weighted by Crippen LogP contribution is 2.42. The Hall–Kier alpha value is -2.54. The summed E-state index contributed by atoms with van der Waals surface area (Å²) in [6.45, 7) is 2.16. The van der Waals surface area contributed by atoms with Crippen LogP contribution in [0.25, 0.3) is 5.76 Å². The van der Waals surface area contributed by atoms with E-state index in [1.165, 1.54) is 25.2 Å². The van der Waals surface area contributed by atoms with Gasteiger partial charge in [0.15, 0.2) is 0 Å². The molecule has 0 aromatic heterocycles. The molecule has 1 atom stereocenters. The Labute approximate surface area is 184 Å². The lowest BCUT2D eigenvalue weighted by Gasteiger charge is -2.26. The SMILES string of the molecule is COCCN1C(=O)C(=O)/C(=C(/O)c2ccc(OC)cc2C)[C@@H]1c1ccc(Cl)cc1Cl. The molecule has 0 aliphatic carbocycles. The van der Waals surface area contributed by atoms with E-state index in [0.29, 0.717) is 27.5 Å². The number of Topliss-reactive ketones (excluding diaryl/α,β-unsaturated/α-hetero) is 1. The first-order valence-corrected chi connectivity index (χ1v) is 9.93. The Bertz CT molecular complexity index is 1030. The second kappa shape index (κ2) is 9.08. The number of halogens is 2. The zero-order valence-corrected chi connectivity index (χ0v) is 18.3. The van der Waals surface area contributed by atoms with E-state index < -0.39 is 17.7 Å². The summed E-state index contributed by atoms with van der Waals surface area (Å²) >= 11 is 12.4. The highest BCUT2D eigenvalue weighted by molar-refractivity contribution is 6.47. The molecule has 0 radical (unpaired) electrons. The van der Waals surface area contributed by atoms with E-state index in [4.69, 9.17) is 32.7 Å². The van der Waals surface area contributed by atoms with Gasteiger partial charge in [-0.2, -0.15) is 0 Å². The molecule has 8 heteroatoms. The molecule has 2 aromatic carbocycles. The van der Waals surface area contributed by atoms with Crippen molar-refractivity contribution < 1.29 is 24.2 Å². The van der Waals surface area contributed by atoms with Gasteiger partial charge in [-0.3, -0.25) is 9.59 Å². The molecule has 1 heterocycles. The monoisotopic (exact) mass is 449 g/mol. The van der Waals surface area contributed by atoms with Crippen LogP contribution in [0.1, 0.15) is 22.7 Å². The van der Waals surface area contributed by atoms with Crippen LogP contribution >= 0.6 is 23.2 Å². The lowest BCUT2D eigenvalue weighted by Crippen LogP contribution is -2.32. The number of benzene rings is 2. The third-order valence-electron chi connectivity index (χ3n) is 5.02. The summed E-state index contributed by atoms with van der Waals surface area (Å²) in [5.41, 5.74) is 1.57. The highest BCUT2D eigenvalue weighted by Gasteiger charge is 2.46. The van der Waals surface area contributed by atoms with Crippen molar-refractivity contribution in [1.29, 1.82) is 0 Å². The molecule has 1 aliphatic heterocycles. The minimum absolute atomic E-state index is 0.0337. The van der Waals surface area contributed by atoms with Crippen LogP contribution in [-0.4, -0.2) is 49.1 Å². The zero-order chi connectivity index (χ0) is 22.0. The molecule has 6 nitrogen and oxygen atoms in total. The maximum atomic E-state index is 12.9. The van der Waals surface area contributed by atoms with Crippen LogP contribution in [0.4, 0.5) is 0 Å². The molecular weight excluding hydrogens is 429 g/mol. The number of nitrogens with zero attached hydrogens (tertiary/aromatic N) is 1. The Kier molecular flexibility index (Phi) is 6.71. The summed E-state index contributed by atoms with van der Waals surface area (Å²) in [6, 6.07) is 8.99. The molecule has 0 spiro atoms. The Balaban J connectivity index is 2.22. The fourth-order valence-corrected chi connectivity index (χ4v) is 4.03. The van der Waals surface area contributed by atoms with Crippen molar-refractivity contribution >= 4 is 40.7 Å². The minimum atomic E-state index is -0.869. The van der Waals surface area contributed by atoms with E-state index in [1.54, 1.807) is 37.3 Å². The van der Waals surface area contributed by atoms with Crippen LogP contribution < -0.4 is 4.74 Å². The minimum Gasteiger partial charge on any atom is -0.507 e. The van der Waals surface area contributed by atoms with Crippen LogP contribution in [0.5, 0.6) is 5.75 Å². The summed E-state index contributed by atoms with van der Waals surface area (Å²) in [6.07, 6.45) is 0. The summed E-state index contributed by atoms with van der Waals surface area (Å²) in [5.74, 6) is -1.17. The Morgan fingerprint density at radius 2 is 1.87 bits per heavy atom. The van der Waals surface area contributed by atoms with Crippen molar-refractivity contribution in [3.05, 3.63) is 68.7 Å². The van der Waals surface area contributed by atoms with E-state index in [-0.39, 0.29) is 29.5 Å². The van der Waals surface area contributed by atoms with Gasteiger partial charge in [0.1, 0.15) is 11.5 Å². The predicted octanol–water partition coefficient (Wildman–Crippen LogP) is 4.38. The van der Waals surface area contributed by atoms with E-state index in [0.717, 1.165) is 0 Å². The van der Waals surface area contributed by atoms with Crippen LogP contribution in [0.3, 0.4) is 0 Å². The maximum Gasteiger partial charge on any atom is 0.295 e. The molecule has 30 heavy (non-hydrogen) atoms. The number of likely N-dealkylation sites (tertiary alicyclic amines) is 1. The van der Waals surface area contributed by atoms with Gasteiger partial charge >= 0.3 is 0 Å². The molecule has 1 amide bonds. The summed E-state index contributed by atoms with van der Waals surface area (Å²) < 4.78 is 10.3. The van der Waals surface area contributed by atoms with Crippen molar-refractivity contribution in [2.45, 2.75) is 13.0 Å². The number of aliphatic hydroxyl groups is 1. The summed E-state index contributed by atoms with van der Waals surface area (Å²) in [5, 5.41) is 11.8. The van der Waals surface area contributed by atoms with Gasteiger partial charge in [-0.15, -0.1) is 0 Å². The van der Waals surface area contributed by atoms with Crippen molar-refractivity contribution in [2.75, 3.05) is 27.4 Å². The maximum absolute atomic E-state index is 12.9. The fourth-order valence-electron chi connectivity index (χ4n) is 3.52. The smallest absolute Gasteiger partial charge is 0.295 e. The Morgan fingerprint density at radius 1 is 1.13 bits per heavy atom. The number of ether oxygens (including phenoxy) is 2. The number of aryl methyl sites for hydroxylation is 1. The first-order chi connectivity index (χ1) is 14.3. The predicted molar refractivity (Wildman–Crippen MR) is 115 cm³/mol. The molecule has 158 valence electrons. The van der Waals surface area contributed by atoms with E-state index in [2.05, 4.69) is 0 Å². The van der Waals surface area contributed by atoms with Gasteiger partial charge in [-0.1, -0.05) is 29.3 Å². The third kappa shape index (κ3) is 4.03. The van der Waals surface area contributed by atoms with Gasteiger partial charge in [0.05, 0.1) is 25.3 Å². The van der Waals surface area contributed by atoms with Gasteiger partial charge in [-0.25, -0.2) is 0 Å². The fraction of sp³-hybridized carbons (Fsp3) is 0.273. The first kappa shape index (κ1) is 22.2. The lowest BCUT2D eigenvalue weighted by molar-refractivity contribution is -0.140. The van der Waals surface area contributed by atoms with Gasteiger partial charge in [0.25, 0.3) is 11.7 Å². The highest BCUT2D eigenvalue weighted by atomic mass is 35.5. The zero-order valence-electron chi connectivity index (χ0n) is 16.7. The molecule has 1 fully saturated rings. The van der Waals surface area contributed by atoms with Gasteiger partial charge in [0.2, 0.25) is 0 Å². The number of rotatable bonds is 6. The second-order valence-corrected chi connectivity index (χ2v) is 7.68. The molecule has 2 aromatic rings. The molecule has 3 rings (SSSR count). The van der Waals surface area contributed by atoms with Crippen molar-refractivity contribution in [1.82, 2.24) is 4.90 Å². The quantitative estimate of drug-likeness (QED) is 0.402. The summed E-state index contributed by atoms with van der Waals surface area (Å²) in [4.78, 5) is 27.1. The van der Waals surface area contributed by atoms with Crippen LogP contribution in [0.2, 0.25) is 10.0 Å². The standard InChI is InChI=1S/C22H21Cl2NO5/c1-12-10-14(30-3)5-7-15(12)20(26)18-19(16-6-4-13(23)11-17(16)24)25(8-9-29-2)22(28)21(18)27/h4-7,10-11,19,26H,8-9H2,1-3H3/b20-18+/t19-/m0/s1. The van der Waals surface area contributed by atoms with Gasteiger partial charge in [-0.05, 0) is 48.4 Å². The van der Waals surface area contributed by atoms with Crippen molar-refractivity contribution in [2.24, 2.45) is 0 Å². The summed E-state index contributed by atoms with van der Waals surface area (Å²) in [7, 11) is 3.04. The van der Waals surface area contributed by atoms with Crippen LogP contribution in [0.15, 0.2) is 42.0 Å². The lowest BCUT2D eigenvalue weighted by atomic mass is 9.94. The molecule has 1 N–H and O–H groups in total. The molecular formula is C22H21Cl2NO5. The molecule has 0 saturated carbocycles. The van der Waals surface area contributed by atoms with Crippen molar-refractivity contribution in [3.8, 4) is 5.75 Å². The largest absolute Gasteiger partial charge is 0.507 e. The average molecular weight is 450 g/mol. The first-order valence-electron chi connectivity index (χ1n) is 9.17. The third-order valence-corrected chi connectivity index (χ3v) is 5.58. The van der Waals surface area contributed by atoms with E-state index >= 15 is 0 Å². The number of amides is 1. The number of carbonyl (C=O) groups is 2. The number of ketones is 1. The van der Waals surface area contributed by atoms with Crippen LogP contribution in [0, 0.1) is 6.92 Å². The normalized spacial score (nSPS) is 18.2. The van der Waals surface area contributed by atoms with Crippen LogP contribution in [-0.2, 0) is 14.3 Å². The van der Waals surface area contributed by atoms with Gasteiger partial charge in [0, 0.05) is 29.3 Å². The van der Waals surface area contributed by atoms with Crippen molar-refractivity contribution in [3.63, 3.8) is 0 Å². The van der Waals surface area contributed by atoms with Gasteiger partial charge < -0.3 is 19.5 Å². The number of hydrogen-bond donors (Lipinski definition) is 1. The topological polar surface area (TPSA) is 76.1 Å². The molecule has 0 unspecified atom stereocenters. The number of hydrogen-bond acceptors (Lipinski definition) is 5. The molecule has 1 aliphatic rings. The molecule has 0 bridgehead atoms. The number of carbonyl (C=O) groups excluding carboxylic acids is 2.